The van der Waals surface area contributed by atoms with Crippen LogP contribution in [0.3, 0.4) is 0 Å². The summed E-state index contributed by atoms with van der Waals surface area (Å²) >= 11 is 0. The molecule has 2 N–H and O–H groups in total. The fourth-order valence-electron chi connectivity index (χ4n) is 4.33. The third kappa shape index (κ3) is 2.77. The minimum atomic E-state index is -0.493. The Labute approximate surface area is 172 Å². The van der Waals surface area contributed by atoms with E-state index in [1.807, 2.05) is 31.3 Å². The lowest BCUT2D eigenvalue weighted by atomic mass is 9.98. The van der Waals surface area contributed by atoms with Crippen LogP contribution in [0.4, 0.5) is 4.39 Å². The van der Waals surface area contributed by atoms with Crippen molar-refractivity contribution in [3.05, 3.63) is 82.6 Å². The van der Waals surface area contributed by atoms with Crippen molar-refractivity contribution in [1.29, 1.82) is 0 Å². The Balaban J connectivity index is 1.50. The van der Waals surface area contributed by atoms with Crippen LogP contribution in [0.2, 0.25) is 0 Å². The molecule has 2 aromatic carbocycles. The van der Waals surface area contributed by atoms with E-state index in [2.05, 4.69) is 15.2 Å². The first-order valence-corrected chi connectivity index (χ1v) is 9.82. The number of aromatic nitrogens is 3. The van der Waals surface area contributed by atoms with Crippen molar-refractivity contribution in [1.82, 2.24) is 20.1 Å². The Hall–Kier alpha value is -3.61. The number of hydrogen-bond acceptors (Lipinski definition) is 3. The van der Waals surface area contributed by atoms with Gasteiger partial charge in [-0.3, -0.25) is 9.89 Å². The van der Waals surface area contributed by atoms with Gasteiger partial charge in [0.2, 0.25) is 0 Å². The molecule has 0 radical (unpaired) electrons. The minimum Gasteiger partial charge on any atom is -0.497 e. The molecule has 1 atom stereocenters. The Bertz CT molecular complexity index is 1260. The van der Waals surface area contributed by atoms with Crippen LogP contribution in [-0.2, 0) is 6.42 Å². The largest absolute Gasteiger partial charge is 0.497 e. The fourth-order valence-corrected chi connectivity index (χ4v) is 4.33. The number of fused-ring (bicyclic) bond motifs is 2. The average molecular weight is 404 g/mol. The Morgan fingerprint density at radius 1 is 1.23 bits per heavy atom. The standard InChI is InChI=1S/C23H21FN4O2/c1-13-20-21(27-26-13)23(29)28(22(20)16-5-3-4-6-18(16)24)10-9-14-12-25-19-8-7-15(30-2)11-17(14)19/h3-8,11-12,22,25H,9-10H2,1-2H3,(H,26,27). The molecule has 152 valence electrons. The average Bonchev–Trinajstić information content (AvgIpc) is 3.41. The molecule has 0 spiro atoms. The van der Waals surface area contributed by atoms with Gasteiger partial charge < -0.3 is 14.6 Å². The number of H-pyrrole nitrogens is 2. The third-order valence-corrected chi connectivity index (χ3v) is 5.84. The first-order chi connectivity index (χ1) is 14.6. The topological polar surface area (TPSA) is 74.0 Å². The van der Waals surface area contributed by atoms with E-state index >= 15 is 0 Å². The number of rotatable bonds is 5. The second-order valence-corrected chi connectivity index (χ2v) is 7.51. The van der Waals surface area contributed by atoms with E-state index in [0.717, 1.165) is 33.5 Å². The number of aromatic amines is 2. The summed E-state index contributed by atoms with van der Waals surface area (Å²) in [6, 6.07) is 12.0. The highest BCUT2D eigenvalue weighted by Crippen LogP contribution is 2.40. The van der Waals surface area contributed by atoms with Gasteiger partial charge >= 0.3 is 0 Å². The number of halogens is 1. The van der Waals surface area contributed by atoms with Gasteiger partial charge in [-0.15, -0.1) is 0 Å². The lowest BCUT2D eigenvalue weighted by molar-refractivity contribution is 0.0744. The lowest BCUT2D eigenvalue weighted by Crippen LogP contribution is -2.32. The van der Waals surface area contributed by atoms with Crippen LogP contribution in [0.15, 0.2) is 48.7 Å². The van der Waals surface area contributed by atoms with E-state index in [0.29, 0.717) is 24.2 Å². The van der Waals surface area contributed by atoms with E-state index in [9.17, 15) is 9.18 Å². The second-order valence-electron chi connectivity index (χ2n) is 7.51. The monoisotopic (exact) mass is 404 g/mol. The number of carbonyl (C=O) groups is 1. The predicted octanol–water partition coefficient (Wildman–Crippen LogP) is 4.14. The molecule has 1 aliphatic rings. The van der Waals surface area contributed by atoms with Crippen LogP contribution in [0, 0.1) is 12.7 Å². The molecule has 1 unspecified atom stereocenters. The van der Waals surface area contributed by atoms with Gasteiger partial charge in [-0.25, -0.2) is 4.39 Å². The highest BCUT2D eigenvalue weighted by molar-refractivity contribution is 5.98. The van der Waals surface area contributed by atoms with Crippen LogP contribution < -0.4 is 4.74 Å². The summed E-state index contributed by atoms with van der Waals surface area (Å²) in [6.07, 6.45) is 2.57. The van der Waals surface area contributed by atoms with Crippen LogP contribution in [0.1, 0.15) is 38.9 Å². The van der Waals surface area contributed by atoms with E-state index in [1.165, 1.54) is 6.07 Å². The number of carbonyl (C=O) groups excluding carboxylic acids is 1. The zero-order chi connectivity index (χ0) is 20.8. The number of aryl methyl sites for hydroxylation is 1. The first-order valence-electron chi connectivity index (χ1n) is 9.82. The van der Waals surface area contributed by atoms with E-state index in [4.69, 9.17) is 4.74 Å². The molecular weight excluding hydrogens is 383 g/mol. The Kier molecular flexibility index (Phi) is 4.31. The predicted molar refractivity (Wildman–Crippen MR) is 111 cm³/mol. The molecular formula is C23H21FN4O2. The van der Waals surface area contributed by atoms with Gasteiger partial charge in [0.1, 0.15) is 11.6 Å². The summed E-state index contributed by atoms with van der Waals surface area (Å²) in [5.41, 5.74) is 4.48. The zero-order valence-corrected chi connectivity index (χ0v) is 16.7. The van der Waals surface area contributed by atoms with Gasteiger partial charge in [-0.2, -0.15) is 5.10 Å². The lowest BCUT2D eigenvalue weighted by Gasteiger charge is -2.26. The zero-order valence-electron chi connectivity index (χ0n) is 16.7. The van der Waals surface area contributed by atoms with Gasteiger partial charge in [-0.05, 0) is 43.2 Å². The summed E-state index contributed by atoms with van der Waals surface area (Å²) in [7, 11) is 1.64. The van der Waals surface area contributed by atoms with E-state index in [-0.39, 0.29) is 11.7 Å². The van der Waals surface area contributed by atoms with Gasteiger partial charge in [-0.1, -0.05) is 18.2 Å². The van der Waals surface area contributed by atoms with Crippen LogP contribution in [-0.4, -0.2) is 39.6 Å². The number of nitrogens with zero attached hydrogens (tertiary/aromatic N) is 2. The molecule has 4 aromatic rings. The Morgan fingerprint density at radius 3 is 2.87 bits per heavy atom. The number of hydrogen-bond donors (Lipinski definition) is 2. The quantitative estimate of drug-likeness (QED) is 0.525. The van der Waals surface area contributed by atoms with Crippen LogP contribution >= 0.6 is 0 Å². The summed E-state index contributed by atoms with van der Waals surface area (Å²) in [5.74, 6) is 0.270. The molecule has 0 saturated carbocycles. The number of methoxy groups -OCH3 is 1. The SMILES string of the molecule is COc1ccc2[nH]cc(CCN3C(=O)c4n[nH]c(C)c4C3c3ccccc3F)c2c1. The fraction of sp³-hybridized carbons (Fsp3) is 0.217. The second kappa shape index (κ2) is 7.02. The number of amides is 1. The molecule has 7 heteroatoms. The third-order valence-electron chi connectivity index (χ3n) is 5.84. The molecule has 0 fully saturated rings. The van der Waals surface area contributed by atoms with Crippen molar-refractivity contribution in [2.24, 2.45) is 0 Å². The molecule has 2 aromatic heterocycles. The number of ether oxygens (including phenoxy) is 1. The minimum absolute atomic E-state index is 0.181. The highest BCUT2D eigenvalue weighted by Gasteiger charge is 2.42. The molecule has 1 amide bonds. The molecule has 0 bridgehead atoms. The van der Waals surface area contributed by atoms with Gasteiger partial charge in [0.25, 0.3) is 5.91 Å². The summed E-state index contributed by atoms with van der Waals surface area (Å²) < 4.78 is 20.0. The van der Waals surface area contributed by atoms with E-state index < -0.39 is 6.04 Å². The highest BCUT2D eigenvalue weighted by atomic mass is 19.1. The maximum Gasteiger partial charge on any atom is 0.275 e. The number of benzene rings is 2. The van der Waals surface area contributed by atoms with Crippen molar-refractivity contribution in [2.75, 3.05) is 13.7 Å². The smallest absolute Gasteiger partial charge is 0.275 e. The normalized spacial score (nSPS) is 15.8. The molecule has 30 heavy (non-hydrogen) atoms. The Morgan fingerprint density at radius 2 is 2.07 bits per heavy atom. The van der Waals surface area contributed by atoms with Crippen molar-refractivity contribution in [2.45, 2.75) is 19.4 Å². The number of nitrogens with one attached hydrogen (secondary N) is 2. The first kappa shape index (κ1) is 18.4. The summed E-state index contributed by atoms with van der Waals surface area (Å²) in [4.78, 5) is 18.1. The molecule has 6 nitrogen and oxygen atoms in total. The molecule has 1 aliphatic heterocycles. The van der Waals surface area contributed by atoms with Gasteiger partial charge in [0.15, 0.2) is 5.69 Å². The summed E-state index contributed by atoms with van der Waals surface area (Å²) in [5, 5.41) is 8.12. The maximum absolute atomic E-state index is 14.7. The van der Waals surface area contributed by atoms with Crippen molar-refractivity contribution < 1.29 is 13.9 Å². The van der Waals surface area contributed by atoms with Crippen LogP contribution in [0.25, 0.3) is 10.9 Å². The maximum atomic E-state index is 14.7. The molecule has 0 saturated heterocycles. The molecule has 0 aliphatic carbocycles. The van der Waals surface area contributed by atoms with Gasteiger partial charge in [0.05, 0.1) is 13.2 Å². The molecule has 3 heterocycles. The van der Waals surface area contributed by atoms with Crippen molar-refractivity contribution in [3.8, 4) is 5.75 Å². The summed E-state index contributed by atoms with van der Waals surface area (Å²) in [6.45, 7) is 2.31. The van der Waals surface area contributed by atoms with Gasteiger partial charge in [0, 0.05) is 40.5 Å². The van der Waals surface area contributed by atoms with E-state index in [1.54, 1.807) is 30.2 Å². The molecule has 5 rings (SSSR count). The van der Waals surface area contributed by atoms with Crippen molar-refractivity contribution >= 4 is 16.8 Å². The van der Waals surface area contributed by atoms with Crippen molar-refractivity contribution in [3.63, 3.8) is 0 Å². The van der Waals surface area contributed by atoms with Crippen LogP contribution in [0.5, 0.6) is 5.75 Å².